The van der Waals surface area contributed by atoms with Gasteiger partial charge in [0.25, 0.3) is 9.66 Å². The number of rotatable bonds is 4. The van der Waals surface area contributed by atoms with E-state index in [1.165, 1.54) is 120 Å². The van der Waals surface area contributed by atoms with E-state index in [1.807, 2.05) is 78.3 Å². The predicted molar refractivity (Wildman–Crippen MR) is 488 cm³/mol. The zero-order chi connectivity index (χ0) is 76.5. The zero-order valence-electron chi connectivity index (χ0n) is 60.3. The largest absolute Gasteiger partial charge is 0.452 e. The summed E-state index contributed by atoms with van der Waals surface area (Å²) in [7, 11) is 0. The normalized spacial score (nSPS) is 11.8. The van der Waals surface area contributed by atoms with E-state index in [0.717, 1.165) is 86.7 Å². The molecule has 16 aromatic carbocycles. The summed E-state index contributed by atoms with van der Waals surface area (Å²) in [4.78, 5) is 29.9. The van der Waals surface area contributed by atoms with Gasteiger partial charge in [0.05, 0.1) is 21.3 Å². The van der Waals surface area contributed by atoms with Crippen LogP contribution >= 0.6 is 91.8 Å². The number of halogens is 4. The Morgan fingerprint density at radius 3 is 1.47 bits per heavy atom. The Morgan fingerprint density at radius 1 is 0.278 bits per heavy atom. The maximum Gasteiger partial charge on any atom is 0.294 e. The summed E-state index contributed by atoms with van der Waals surface area (Å²) in [5.74, 6) is 0. The molecule has 0 saturated heterocycles. The second-order valence-electron chi connectivity index (χ2n) is 28.1. The van der Waals surface area contributed by atoms with Gasteiger partial charge in [-0.05, 0) is 130 Å². The van der Waals surface area contributed by atoms with Crippen LogP contribution in [0.3, 0.4) is 0 Å². The molecule has 0 atom stereocenters. The molecule has 542 valence electrons. The molecule has 25 rings (SSSR count). The fraction of sp³-hybridized carbons (Fsp3) is 0. The van der Waals surface area contributed by atoms with Crippen LogP contribution in [0.2, 0.25) is 20.9 Å². The number of para-hydroxylation sites is 1. The molecule has 0 bridgehead atoms. The molecular weight excluding hydrogens is 1580 g/mol. The van der Waals surface area contributed by atoms with Crippen LogP contribution in [0.5, 0.6) is 0 Å². The van der Waals surface area contributed by atoms with E-state index >= 15 is 0 Å². The van der Waals surface area contributed by atoms with Gasteiger partial charge in [-0.3, -0.25) is 0 Å². The molecule has 0 aliphatic carbocycles. The number of furan rings is 1. The van der Waals surface area contributed by atoms with Gasteiger partial charge < -0.3 is 4.42 Å². The molecule has 0 radical (unpaired) electrons. The molecule has 0 fully saturated rings. The van der Waals surface area contributed by atoms with Gasteiger partial charge in [0, 0.05) is 90.5 Å². The van der Waals surface area contributed by atoms with E-state index in [9.17, 15) is 0 Å². The highest BCUT2D eigenvalue weighted by Crippen LogP contribution is 2.48. The molecule has 0 N–H and O–H groups in total. The number of aromatic nitrogens is 8. The van der Waals surface area contributed by atoms with Gasteiger partial charge in [-0.2, -0.15) is 0 Å². The molecular formula is C98H54Cl4N8OS4+2. The number of benzene rings is 16. The minimum absolute atomic E-state index is 0.225. The van der Waals surface area contributed by atoms with E-state index in [4.69, 9.17) is 70.8 Å². The molecule has 9 heterocycles. The number of hydrogen-bond donors (Lipinski definition) is 0. The minimum atomic E-state index is 0.225. The molecule has 0 unspecified atom stereocenters. The first-order valence-electron chi connectivity index (χ1n) is 37.2. The van der Waals surface area contributed by atoms with Crippen molar-refractivity contribution in [1.29, 1.82) is 0 Å². The lowest BCUT2D eigenvalue weighted by molar-refractivity contribution is -0.565. The van der Waals surface area contributed by atoms with E-state index in [-0.39, 0.29) is 10.6 Å². The highest BCUT2D eigenvalue weighted by molar-refractivity contribution is 7.27. The summed E-state index contributed by atoms with van der Waals surface area (Å²) in [6.07, 6.45) is 3.86. The molecule has 9 aromatic heterocycles. The van der Waals surface area contributed by atoms with Crippen molar-refractivity contribution in [2.24, 2.45) is 0 Å². The smallest absolute Gasteiger partial charge is 0.294 e. The number of fused-ring (bicyclic) bond motifs is 28. The van der Waals surface area contributed by atoms with Crippen molar-refractivity contribution in [1.82, 2.24) is 29.9 Å². The van der Waals surface area contributed by atoms with Gasteiger partial charge in [0.2, 0.25) is 34.3 Å². The van der Waals surface area contributed by atoms with Crippen LogP contribution in [0.1, 0.15) is 0 Å². The lowest BCUT2D eigenvalue weighted by Crippen LogP contribution is -2.31. The van der Waals surface area contributed by atoms with Gasteiger partial charge in [0.1, 0.15) is 16.8 Å². The van der Waals surface area contributed by atoms with Crippen molar-refractivity contribution >= 4 is 271 Å². The Hall–Kier alpha value is -12.5. The summed E-state index contributed by atoms with van der Waals surface area (Å²) in [6, 6.07) is 110. The SMILES string of the molecule is Clc1c[n+](-c2ccc3c(c2)sc2ccccc23)c2sc3ccc4ccccc4c3c2n1.Clc1c[n+](-c2cccc3c2ccc2ccccc23)c2sc3ccc4ccccc4c3c2n1.Clc1nc(-c2cccc3ccccc23)c2sc3c4ccccc4c4ccccc4c3c2n1.Clc1nc(-c2ccccc2)c2oc3ccccc3c2n1. The molecule has 0 amide bonds. The molecule has 0 aliphatic heterocycles. The lowest BCUT2D eigenvalue weighted by atomic mass is 9.98. The standard InChI is InChI=1S/C28H16ClN2S.C28H15ClN2S.C26H14ClN2S2.C16H9ClN2O/c29-25-16-31(23-11-5-10-21-19-8-3-1-6-17(19)12-14-22(21)23)28-27(30-25)26-20-9-4-2-7-18(20)13-15-24(26)32-28;29-28-30-24(21-15-7-9-16-8-1-2-10-17(16)21)27-25(31-28)23-20-13-5-3-11-18(20)19-12-4-6-14-22(19)26(23)32-27;27-23-14-29(16-10-11-19-18-7-3-4-8-20(18)30-22(19)13-16)26-25(28-23)24-17-6-2-1-5-15(17)9-12-21(24)31-26;17-16-18-13(10-6-2-1-3-7-10)15-14(19-16)11-8-4-5-9-12(11)20-15/h1-16H;1-15H;1-14H;1-9H/q+1;;+1;. The van der Waals surface area contributed by atoms with Crippen LogP contribution in [0.4, 0.5) is 0 Å². The monoisotopic (exact) mass is 1630 g/mol. The van der Waals surface area contributed by atoms with Crippen molar-refractivity contribution in [2.75, 3.05) is 0 Å². The van der Waals surface area contributed by atoms with Crippen LogP contribution in [0.25, 0.3) is 213 Å². The van der Waals surface area contributed by atoms with Crippen molar-refractivity contribution < 1.29 is 13.6 Å². The van der Waals surface area contributed by atoms with Gasteiger partial charge in [-0.25, -0.2) is 29.9 Å². The molecule has 0 saturated carbocycles. The molecule has 9 nitrogen and oxygen atoms in total. The number of hydrogen-bond acceptors (Lipinski definition) is 11. The van der Waals surface area contributed by atoms with Crippen LogP contribution < -0.4 is 9.13 Å². The molecule has 25 aromatic rings. The van der Waals surface area contributed by atoms with Crippen LogP contribution in [0.15, 0.2) is 332 Å². The van der Waals surface area contributed by atoms with Crippen LogP contribution in [-0.2, 0) is 0 Å². The van der Waals surface area contributed by atoms with Crippen molar-refractivity contribution in [2.45, 2.75) is 0 Å². The second kappa shape index (κ2) is 28.2. The van der Waals surface area contributed by atoms with Gasteiger partial charge in [-0.15, -0.1) is 31.8 Å². The van der Waals surface area contributed by atoms with Gasteiger partial charge >= 0.3 is 0 Å². The van der Waals surface area contributed by atoms with E-state index in [1.54, 1.807) is 34.0 Å². The summed E-state index contributed by atoms with van der Waals surface area (Å²) < 4.78 is 17.6. The minimum Gasteiger partial charge on any atom is -0.452 e. The Kier molecular flexibility index (Phi) is 17.0. The summed E-state index contributed by atoms with van der Waals surface area (Å²) in [5.41, 5.74) is 10.9. The fourth-order valence-corrected chi connectivity index (χ4v) is 21.9. The highest BCUT2D eigenvalue weighted by Gasteiger charge is 2.27. The first-order chi connectivity index (χ1) is 56.7. The number of thiophene rings is 4. The fourth-order valence-electron chi connectivity index (χ4n) is 16.5. The van der Waals surface area contributed by atoms with E-state index < -0.39 is 0 Å². The number of nitrogens with zero attached hydrogens (tertiary/aromatic N) is 8. The Balaban J connectivity index is 0.0000000945. The third kappa shape index (κ3) is 11.8. The maximum absolute atomic E-state index is 6.60. The van der Waals surface area contributed by atoms with E-state index in [2.05, 4.69) is 280 Å². The first-order valence-corrected chi connectivity index (χ1v) is 42.0. The maximum atomic E-state index is 6.60. The van der Waals surface area contributed by atoms with Crippen LogP contribution in [0, 0.1) is 0 Å². The lowest BCUT2D eigenvalue weighted by Gasteiger charge is -2.08. The van der Waals surface area contributed by atoms with Gasteiger partial charge in [-0.1, -0.05) is 301 Å². The topological polar surface area (TPSA) is 98.2 Å². The Bertz CT molecular complexity index is 8350. The van der Waals surface area contributed by atoms with Crippen LogP contribution in [-0.4, -0.2) is 29.9 Å². The average Bonchev–Trinajstić information content (AvgIpc) is 1.58. The Morgan fingerprint density at radius 2 is 0.765 bits per heavy atom. The predicted octanol–water partition coefficient (Wildman–Crippen LogP) is 29.1. The summed E-state index contributed by atoms with van der Waals surface area (Å²) in [6.45, 7) is 0. The molecule has 17 heteroatoms. The van der Waals surface area contributed by atoms with Crippen molar-refractivity contribution in [3.8, 4) is 33.9 Å². The van der Waals surface area contributed by atoms with Crippen molar-refractivity contribution in [3.63, 3.8) is 0 Å². The van der Waals surface area contributed by atoms with Gasteiger partial charge in [0.15, 0.2) is 26.9 Å². The highest BCUT2D eigenvalue weighted by atomic mass is 35.5. The first kappa shape index (κ1) is 69.2. The molecule has 0 aliphatic rings. The summed E-state index contributed by atoms with van der Waals surface area (Å²) >= 11 is 32.9. The Labute approximate surface area is 690 Å². The second-order valence-corrected chi connectivity index (χ2v) is 33.7. The average molecular weight is 1630 g/mol. The molecule has 115 heavy (non-hydrogen) atoms. The quantitative estimate of drug-likeness (QED) is 0.0983. The zero-order valence-corrected chi connectivity index (χ0v) is 66.6. The van der Waals surface area contributed by atoms with Crippen molar-refractivity contribution in [3.05, 3.63) is 349 Å². The van der Waals surface area contributed by atoms with E-state index in [0.29, 0.717) is 15.9 Å². The third-order valence-electron chi connectivity index (χ3n) is 21.5. The summed E-state index contributed by atoms with van der Waals surface area (Å²) in [5, 5.41) is 25.6. The third-order valence-corrected chi connectivity index (χ3v) is 26.9. The molecule has 0 spiro atoms.